The van der Waals surface area contributed by atoms with E-state index in [1.807, 2.05) is 0 Å². The second kappa shape index (κ2) is 8.65. The van der Waals surface area contributed by atoms with Crippen molar-refractivity contribution >= 4 is 44.0 Å². The van der Waals surface area contributed by atoms with Gasteiger partial charge in [0.1, 0.15) is 18.1 Å². The molecular weight excluding hydrogens is 440 g/mol. The van der Waals surface area contributed by atoms with Crippen molar-refractivity contribution in [3.8, 4) is 11.5 Å². The van der Waals surface area contributed by atoms with Crippen LogP contribution < -0.4 is 10.2 Å². The fraction of sp³-hybridized carbons (Fsp3) is 0.0588. The van der Waals surface area contributed by atoms with Crippen LogP contribution in [0.2, 0.25) is 0 Å². The lowest BCUT2D eigenvalue weighted by atomic mass is 10.2. The van der Waals surface area contributed by atoms with Crippen LogP contribution in [0.5, 0.6) is 11.5 Å². The van der Waals surface area contributed by atoms with Gasteiger partial charge < -0.3 is 9.84 Å². The number of amides is 1. The van der Waals surface area contributed by atoms with Crippen LogP contribution in [0, 0.1) is 0 Å². The molecule has 2 N–H and O–H groups in total. The molecule has 2 aromatic carbocycles. The number of hydrazone groups is 1. The van der Waals surface area contributed by atoms with E-state index in [1.165, 1.54) is 12.3 Å². The van der Waals surface area contributed by atoms with Gasteiger partial charge in [0.15, 0.2) is 0 Å². The van der Waals surface area contributed by atoms with E-state index < -0.39 is 5.91 Å². The summed E-state index contributed by atoms with van der Waals surface area (Å²) >= 11 is 6.63. The molecule has 5 nitrogen and oxygen atoms in total. The number of nitrogens with one attached hydrogen (secondary N) is 1. The van der Waals surface area contributed by atoms with Crippen LogP contribution in [0.15, 0.2) is 63.1 Å². The lowest BCUT2D eigenvalue weighted by Gasteiger charge is -2.09. The van der Waals surface area contributed by atoms with Gasteiger partial charge in [-0.1, -0.05) is 44.5 Å². The van der Waals surface area contributed by atoms with Gasteiger partial charge in [-0.2, -0.15) is 5.10 Å². The van der Waals surface area contributed by atoms with Crippen molar-refractivity contribution in [2.45, 2.75) is 0 Å². The largest absolute Gasteiger partial charge is 0.507 e. The number of hydrogen-bond donors (Lipinski definition) is 2. The van der Waals surface area contributed by atoms with Crippen molar-refractivity contribution in [2.75, 3.05) is 6.61 Å². The van der Waals surface area contributed by atoms with Crippen molar-refractivity contribution in [2.24, 2.45) is 5.10 Å². The number of hydrogen-bond acceptors (Lipinski definition) is 4. The molecule has 0 spiro atoms. The molecule has 0 heterocycles. The van der Waals surface area contributed by atoms with Gasteiger partial charge in [0.05, 0.1) is 11.8 Å². The summed E-state index contributed by atoms with van der Waals surface area (Å²) in [6.07, 6.45) is 2.96. The third kappa shape index (κ3) is 4.94. The molecule has 0 aliphatic heterocycles. The Hall–Kier alpha value is -2.12. The zero-order chi connectivity index (χ0) is 17.5. The van der Waals surface area contributed by atoms with Crippen LogP contribution in [-0.4, -0.2) is 23.8 Å². The Morgan fingerprint density at radius 1 is 1.25 bits per heavy atom. The van der Waals surface area contributed by atoms with Crippen molar-refractivity contribution < 1.29 is 14.6 Å². The van der Waals surface area contributed by atoms with Gasteiger partial charge in [-0.15, -0.1) is 0 Å². The minimum Gasteiger partial charge on any atom is -0.507 e. The van der Waals surface area contributed by atoms with Gasteiger partial charge in [-0.05, 0) is 36.4 Å². The fourth-order valence-electron chi connectivity index (χ4n) is 1.80. The van der Waals surface area contributed by atoms with Gasteiger partial charge in [0, 0.05) is 14.5 Å². The van der Waals surface area contributed by atoms with Crippen LogP contribution in [0.4, 0.5) is 0 Å². The van der Waals surface area contributed by atoms with Crippen LogP contribution in [-0.2, 0) is 0 Å². The Balaban J connectivity index is 2.14. The summed E-state index contributed by atoms with van der Waals surface area (Å²) in [6, 6.07) is 10.0. The summed E-state index contributed by atoms with van der Waals surface area (Å²) in [7, 11) is 0. The highest BCUT2D eigenvalue weighted by Gasteiger charge is 2.12. The molecule has 0 radical (unpaired) electrons. The average Bonchev–Trinajstić information content (AvgIpc) is 2.56. The molecule has 0 fully saturated rings. The van der Waals surface area contributed by atoms with Gasteiger partial charge in [0.25, 0.3) is 5.91 Å². The van der Waals surface area contributed by atoms with Crippen molar-refractivity contribution in [3.63, 3.8) is 0 Å². The van der Waals surface area contributed by atoms with Gasteiger partial charge >= 0.3 is 0 Å². The second-order valence-corrected chi connectivity index (χ2v) is 6.47. The van der Waals surface area contributed by atoms with Gasteiger partial charge in [0.2, 0.25) is 0 Å². The topological polar surface area (TPSA) is 70.9 Å². The van der Waals surface area contributed by atoms with Crippen molar-refractivity contribution in [3.05, 3.63) is 69.1 Å². The highest BCUT2D eigenvalue weighted by Crippen LogP contribution is 2.23. The fourth-order valence-corrected chi connectivity index (χ4v) is 2.54. The minimum absolute atomic E-state index is 0.0636. The molecule has 0 unspecified atom stereocenters. The van der Waals surface area contributed by atoms with Crippen LogP contribution in [0.25, 0.3) is 0 Å². The SMILES string of the molecule is C=CCOc1ccc(Br)cc1C(=O)N/N=C/c1cc(Br)ccc1O. The first-order valence-electron chi connectivity index (χ1n) is 6.86. The van der Waals surface area contributed by atoms with Gasteiger partial charge in [-0.3, -0.25) is 4.79 Å². The predicted octanol–water partition coefficient (Wildman–Crippen LogP) is 4.25. The molecule has 1 amide bonds. The Kier molecular flexibility index (Phi) is 6.57. The lowest BCUT2D eigenvalue weighted by Crippen LogP contribution is -2.19. The third-order valence-electron chi connectivity index (χ3n) is 2.90. The smallest absolute Gasteiger partial charge is 0.275 e. The van der Waals surface area contributed by atoms with Gasteiger partial charge in [-0.25, -0.2) is 5.43 Å². The van der Waals surface area contributed by atoms with E-state index in [-0.39, 0.29) is 12.4 Å². The Labute approximate surface area is 156 Å². The maximum atomic E-state index is 12.3. The highest BCUT2D eigenvalue weighted by molar-refractivity contribution is 9.10. The number of halogens is 2. The third-order valence-corrected chi connectivity index (χ3v) is 3.89. The van der Waals surface area contributed by atoms with E-state index in [4.69, 9.17) is 4.74 Å². The summed E-state index contributed by atoms with van der Waals surface area (Å²) in [4.78, 5) is 12.3. The van der Waals surface area contributed by atoms with E-state index in [0.29, 0.717) is 16.9 Å². The zero-order valence-corrected chi connectivity index (χ0v) is 15.7. The normalized spacial score (nSPS) is 10.6. The van der Waals surface area contributed by atoms with E-state index in [9.17, 15) is 9.90 Å². The first-order chi connectivity index (χ1) is 11.5. The quantitative estimate of drug-likeness (QED) is 0.390. The molecule has 124 valence electrons. The molecule has 0 aromatic heterocycles. The maximum Gasteiger partial charge on any atom is 0.275 e. The molecule has 0 aliphatic carbocycles. The standard InChI is InChI=1S/C17H14Br2N2O3/c1-2-7-24-16-6-4-13(19)9-14(16)17(23)21-20-10-11-8-12(18)3-5-15(11)22/h2-6,8-10,22H,1,7H2,(H,21,23)/b20-10+. The number of phenolic OH excluding ortho intramolecular Hbond substituents is 1. The summed E-state index contributed by atoms with van der Waals surface area (Å²) in [5.41, 5.74) is 3.22. The number of phenols is 1. The molecule has 2 aromatic rings. The van der Waals surface area contributed by atoms with E-state index in [0.717, 1.165) is 8.95 Å². The molecule has 0 aliphatic rings. The first-order valence-corrected chi connectivity index (χ1v) is 8.45. The average molecular weight is 454 g/mol. The van der Waals surface area contributed by atoms with Crippen molar-refractivity contribution in [1.82, 2.24) is 5.43 Å². The second-order valence-electron chi connectivity index (χ2n) is 4.64. The van der Waals surface area contributed by atoms with Crippen LogP contribution in [0.1, 0.15) is 15.9 Å². The number of aromatic hydroxyl groups is 1. The number of carbonyl (C=O) groups excluding carboxylic acids is 1. The molecule has 0 atom stereocenters. The summed E-state index contributed by atoms with van der Waals surface area (Å²) in [5.74, 6) is 0.0610. The number of ether oxygens (including phenoxy) is 1. The highest BCUT2D eigenvalue weighted by atomic mass is 79.9. The Morgan fingerprint density at radius 3 is 2.71 bits per heavy atom. The minimum atomic E-state index is -0.430. The maximum absolute atomic E-state index is 12.3. The van der Waals surface area contributed by atoms with E-state index in [1.54, 1.807) is 36.4 Å². The molecule has 24 heavy (non-hydrogen) atoms. The number of rotatable bonds is 6. The molecule has 7 heteroatoms. The lowest BCUT2D eigenvalue weighted by molar-refractivity contribution is 0.0951. The molecule has 2 rings (SSSR count). The molecule has 0 saturated heterocycles. The number of nitrogens with zero attached hydrogens (tertiary/aromatic N) is 1. The van der Waals surface area contributed by atoms with E-state index >= 15 is 0 Å². The molecular formula is C17H14Br2N2O3. The molecule has 0 saturated carbocycles. The Morgan fingerprint density at radius 2 is 1.96 bits per heavy atom. The Bertz CT molecular complexity index is 791. The number of carbonyl (C=O) groups is 1. The van der Waals surface area contributed by atoms with Crippen LogP contribution in [0.3, 0.4) is 0 Å². The van der Waals surface area contributed by atoms with Crippen molar-refractivity contribution in [1.29, 1.82) is 0 Å². The summed E-state index contributed by atoms with van der Waals surface area (Å²) in [6.45, 7) is 3.87. The number of benzene rings is 2. The van der Waals surface area contributed by atoms with Crippen LogP contribution >= 0.6 is 31.9 Å². The summed E-state index contributed by atoms with van der Waals surface area (Å²) in [5, 5.41) is 13.6. The zero-order valence-electron chi connectivity index (χ0n) is 12.5. The summed E-state index contributed by atoms with van der Waals surface area (Å²) < 4.78 is 7.00. The first kappa shape index (κ1) is 18.2. The predicted molar refractivity (Wildman–Crippen MR) is 101 cm³/mol. The molecule has 0 bridgehead atoms. The monoisotopic (exact) mass is 452 g/mol. The van der Waals surface area contributed by atoms with E-state index in [2.05, 4.69) is 49.0 Å².